The second-order valence-corrected chi connectivity index (χ2v) is 32.4. The van der Waals surface area contributed by atoms with Gasteiger partial charge in [-0.25, -0.2) is 13.2 Å². The first-order valence-corrected chi connectivity index (χ1v) is 42.9. The molecule has 15 atom stereocenters. The van der Waals surface area contributed by atoms with Gasteiger partial charge in [0.25, 0.3) is 0 Å². The van der Waals surface area contributed by atoms with Gasteiger partial charge in [0.2, 0.25) is 58.5 Å². The zero-order valence-corrected chi connectivity index (χ0v) is 72.5. The number of unbranched alkanes of at least 4 members (excludes halogenated alkanes) is 7. The lowest BCUT2D eigenvalue weighted by Crippen LogP contribution is -2.58. The molecule has 4 N–H and O–H groups in total. The maximum atomic E-state index is 14.4. The Morgan fingerprint density at radius 1 is 0.342 bits per heavy atom. The molecule has 0 aromatic heterocycles. The molecule has 4 rings (SSSR count). The molecule has 0 spiro atoms. The van der Waals surface area contributed by atoms with Gasteiger partial charge in [0.05, 0.1) is 64.0 Å². The van der Waals surface area contributed by atoms with Crippen molar-refractivity contribution < 1.29 is 141 Å². The molecular formula is C86H135F5N4O25. The Kier molecular flexibility index (Phi) is 50.4. The van der Waals surface area contributed by atoms with Crippen molar-refractivity contribution >= 4 is 70.6 Å². The molecule has 0 radical (unpaired) electrons. The summed E-state index contributed by atoms with van der Waals surface area (Å²) in [6.45, 7) is 21.8. The number of benzene rings is 1. The quantitative estimate of drug-likeness (QED) is 0.00895. The minimum Gasteiger partial charge on any atom is -0.463 e. The predicted octanol–water partition coefficient (Wildman–Crippen LogP) is 11.4. The van der Waals surface area contributed by atoms with E-state index in [9.17, 15) is 79.5 Å². The van der Waals surface area contributed by atoms with Gasteiger partial charge in [-0.05, 0) is 113 Å². The van der Waals surface area contributed by atoms with Gasteiger partial charge in [-0.15, -0.1) is 0 Å². The highest BCUT2D eigenvalue weighted by atomic mass is 19.2. The summed E-state index contributed by atoms with van der Waals surface area (Å²) in [7, 11) is 0. The lowest BCUT2D eigenvalue weighted by Gasteiger charge is -2.44. The summed E-state index contributed by atoms with van der Waals surface area (Å²) in [4.78, 5) is 151. The first kappa shape index (κ1) is 105. The SMILES string of the molecule is CC(=O)NC1[C@H](OCCCCC(=O)NCCCNC(=O)CCOCC(COCCC(=O)CCCCCC(=O)CCCCO[C@@H]2OC(COC(C)=O)[C@H](C)[C@H](C)C2C)(COCCC(=O)CCCCCC(=O)CCCCO[C@@H]2OC(COC(C)=O)[C@H](C)[C@H](C)C2C)NC(=O)CCCC(=O)Oc2c(F)c(F)c(F)c(F)c2F)OC(COC(C)=O)[C@H](C)[C@@H]1C. The third kappa shape index (κ3) is 40.1. The number of carbonyl (C=O) groups excluding carboxylic acids is 12. The van der Waals surface area contributed by atoms with E-state index in [4.69, 9.17) is 56.8 Å². The van der Waals surface area contributed by atoms with Gasteiger partial charge in [-0.1, -0.05) is 68.2 Å². The molecular weight excluding hydrogens is 1580 g/mol. The first-order chi connectivity index (χ1) is 57.0. The van der Waals surface area contributed by atoms with Crippen LogP contribution in [0.15, 0.2) is 0 Å². The van der Waals surface area contributed by atoms with E-state index in [1.165, 1.54) is 27.7 Å². The number of ketones is 4. The van der Waals surface area contributed by atoms with Crippen molar-refractivity contribution in [2.75, 3.05) is 92.4 Å². The fourth-order valence-electron chi connectivity index (χ4n) is 14.3. The van der Waals surface area contributed by atoms with Crippen molar-refractivity contribution in [3.8, 4) is 5.75 Å². The molecule has 3 saturated heterocycles. The molecule has 0 bridgehead atoms. The largest absolute Gasteiger partial charge is 0.463 e. The van der Waals surface area contributed by atoms with E-state index in [2.05, 4.69) is 67.5 Å². The molecule has 6 unspecified atom stereocenters. The summed E-state index contributed by atoms with van der Waals surface area (Å²) < 4.78 is 146. The van der Waals surface area contributed by atoms with E-state index in [1.807, 2.05) is 13.8 Å². The highest BCUT2D eigenvalue weighted by Gasteiger charge is 2.45. The zero-order chi connectivity index (χ0) is 88.9. The standard InChI is InChI=1S/C86H135F5N4O25/c1-53-55(3)69(47-114-62(10)97)117-83(59(53)7)111-41-22-19-31-65(100)27-15-13-17-29-67(102)36-44-108-50-86(95-74(106)34-25-35-75(107)120-82-79(90)77(88)76(87)78(89)80(82)91,51-109-45-37-68(103)30-18-14-16-28-66(101)32-20-23-42-112-84-60(8)54(2)56(4)70(118-84)48-115-63(11)98)52-110-46-38-73(105)93-40-26-39-92-72(104)33-21-24-43-113-85-81(94-61(9)96)58(6)57(5)71(119-85)49-116-64(12)99/h53-60,69-71,81,83-85H,13-52H2,1-12H3,(H,92,104)(H,93,105)(H,94,96)(H,95,106)/t53-,54-,55+,56+,57+,58-,59?,60?,69?,70?,71?,81?,83+,84+,85+,86?/m0/s1. The van der Waals surface area contributed by atoms with Crippen LogP contribution in [0, 0.1) is 76.4 Å². The highest BCUT2D eigenvalue weighted by Crippen LogP contribution is 2.38. The minimum absolute atomic E-state index is 0.0278. The Bertz CT molecular complexity index is 3240. The first-order valence-electron chi connectivity index (χ1n) is 42.9. The molecule has 3 aliphatic heterocycles. The van der Waals surface area contributed by atoms with Crippen molar-refractivity contribution in [2.45, 2.75) is 299 Å². The number of Topliss-reactive ketones (excluding diaryl/α,β-unsaturated/α-hetero) is 4. The second kappa shape index (κ2) is 57.4. The summed E-state index contributed by atoms with van der Waals surface area (Å²) in [6.07, 6.45) is 4.39. The summed E-state index contributed by atoms with van der Waals surface area (Å²) in [5.41, 5.74) is -1.64. The number of nitrogens with one attached hydrogen (secondary N) is 4. The van der Waals surface area contributed by atoms with E-state index in [0.29, 0.717) is 122 Å². The average Bonchev–Trinajstić information content (AvgIpc) is 0.934. The summed E-state index contributed by atoms with van der Waals surface area (Å²) >= 11 is 0. The predicted molar refractivity (Wildman–Crippen MR) is 426 cm³/mol. The molecule has 29 nitrogen and oxygen atoms in total. The van der Waals surface area contributed by atoms with Crippen LogP contribution in [0.2, 0.25) is 0 Å². The van der Waals surface area contributed by atoms with E-state index in [-0.39, 0.29) is 224 Å². The molecule has 34 heteroatoms. The third-order valence-corrected chi connectivity index (χ3v) is 22.7. The van der Waals surface area contributed by atoms with E-state index in [1.54, 1.807) is 0 Å². The summed E-state index contributed by atoms with van der Waals surface area (Å²) in [5.74, 6) is -17.3. The Labute approximate surface area is 703 Å². The molecule has 0 aliphatic carbocycles. The molecule has 0 saturated carbocycles. The number of hydrogen-bond acceptors (Lipinski definition) is 25. The Morgan fingerprint density at radius 3 is 1.09 bits per heavy atom. The maximum Gasteiger partial charge on any atom is 0.311 e. The van der Waals surface area contributed by atoms with E-state index < -0.39 is 115 Å². The number of esters is 4. The number of halogens is 5. The molecule has 120 heavy (non-hydrogen) atoms. The van der Waals surface area contributed by atoms with Gasteiger partial charge >= 0.3 is 23.9 Å². The molecule has 3 aliphatic rings. The van der Waals surface area contributed by atoms with Crippen LogP contribution in [-0.2, 0) is 114 Å². The number of hydrogen-bond donors (Lipinski definition) is 4. The van der Waals surface area contributed by atoms with Gasteiger partial charge in [0.1, 0.15) is 48.5 Å². The zero-order valence-electron chi connectivity index (χ0n) is 72.5. The number of ether oxygens (including phenoxy) is 13. The molecule has 3 heterocycles. The van der Waals surface area contributed by atoms with Crippen molar-refractivity contribution in [3.63, 3.8) is 0 Å². The highest BCUT2D eigenvalue weighted by molar-refractivity contribution is 5.81. The van der Waals surface area contributed by atoms with Gasteiger partial charge in [0, 0.05) is 149 Å². The Balaban J connectivity index is 1.32. The van der Waals surface area contributed by atoms with E-state index >= 15 is 0 Å². The van der Waals surface area contributed by atoms with Gasteiger partial charge < -0.3 is 82.8 Å². The van der Waals surface area contributed by atoms with Crippen LogP contribution in [0.3, 0.4) is 0 Å². The van der Waals surface area contributed by atoms with Crippen LogP contribution in [0.25, 0.3) is 0 Å². The second-order valence-electron chi connectivity index (χ2n) is 32.4. The third-order valence-electron chi connectivity index (χ3n) is 22.7. The summed E-state index contributed by atoms with van der Waals surface area (Å²) in [6, 6.07) is -0.459. The van der Waals surface area contributed by atoms with Crippen LogP contribution in [0.4, 0.5) is 22.0 Å². The number of rotatable bonds is 62. The lowest BCUT2D eigenvalue weighted by molar-refractivity contribution is -0.255. The van der Waals surface area contributed by atoms with Crippen LogP contribution in [0.1, 0.15) is 250 Å². The van der Waals surface area contributed by atoms with Crippen LogP contribution < -0.4 is 26.0 Å². The monoisotopic (exact) mass is 1720 g/mol. The maximum absolute atomic E-state index is 14.4. The molecule has 1 aromatic carbocycles. The Hall–Kier alpha value is -7.05. The Morgan fingerprint density at radius 2 is 0.683 bits per heavy atom. The molecule has 4 amide bonds. The normalized spacial score (nSPS) is 23.4. The van der Waals surface area contributed by atoms with Crippen molar-refractivity contribution in [3.05, 3.63) is 29.1 Å². The topological polar surface area (TPSA) is 373 Å². The molecule has 684 valence electrons. The number of carbonyl (C=O) groups is 12. The summed E-state index contributed by atoms with van der Waals surface area (Å²) in [5, 5.41) is 11.3. The number of amides is 4. The lowest BCUT2D eigenvalue weighted by atomic mass is 9.79. The van der Waals surface area contributed by atoms with Crippen molar-refractivity contribution in [1.29, 1.82) is 0 Å². The van der Waals surface area contributed by atoms with E-state index in [0.717, 1.165) is 0 Å². The van der Waals surface area contributed by atoms with Crippen LogP contribution in [0.5, 0.6) is 5.75 Å². The van der Waals surface area contributed by atoms with Gasteiger partial charge in [0.15, 0.2) is 18.9 Å². The van der Waals surface area contributed by atoms with Crippen LogP contribution in [-0.4, -0.2) is 212 Å². The smallest absolute Gasteiger partial charge is 0.311 e. The fraction of sp³-hybridized carbons (Fsp3) is 0.791. The minimum atomic E-state index is -2.47. The average molecular weight is 1720 g/mol. The van der Waals surface area contributed by atoms with Crippen molar-refractivity contribution in [1.82, 2.24) is 21.3 Å². The van der Waals surface area contributed by atoms with Gasteiger partial charge in [-0.2, -0.15) is 8.78 Å². The molecule has 1 aromatic rings. The molecule has 3 fully saturated rings. The van der Waals surface area contributed by atoms with Crippen molar-refractivity contribution in [2.24, 2.45) is 47.3 Å². The van der Waals surface area contributed by atoms with Crippen LogP contribution >= 0.6 is 0 Å². The fourth-order valence-corrected chi connectivity index (χ4v) is 14.3. The van der Waals surface area contributed by atoms with Gasteiger partial charge in [-0.3, -0.25) is 57.5 Å².